The summed E-state index contributed by atoms with van der Waals surface area (Å²) in [5.41, 5.74) is 0.430. The predicted molar refractivity (Wildman–Crippen MR) is 65.7 cm³/mol. The Morgan fingerprint density at radius 1 is 1.53 bits per heavy atom. The fourth-order valence-electron chi connectivity index (χ4n) is 1.69. The number of morpholine rings is 1. The smallest absolute Gasteiger partial charge is 0.330 e. The first-order chi connectivity index (χ1) is 8.26. The van der Waals surface area contributed by atoms with Crippen LogP contribution in [0.25, 0.3) is 0 Å². The molecule has 1 aliphatic heterocycles. The molecule has 1 aliphatic rings. The maximum Gasteiger partial charge on any atom is 0.330 e. The molecule has 1 saturated heterocycles. The SMILES string of the molecule is CNc1sc(=O)nc(N2CCOCC2)c1C#N. The zero-order valence-corrected chi connectivity index (χ0v) is 10.2. The largest absolute Gasteiger partial charge is 0.379 e. The molecule has 1 aromatic heterocycles. The van der Waals surface area contributed by atoms with Crippen molar-refractivity contribution in [1.82, 2.24) is 4.98 Å². The van der Waals surface area contributed by atoms with Crippen LogP contribution < -0.4 is 15.1 Å². The fraction of sp³-hybridized carbons (Fsp3) is 0.500. The molecule has 0 bridgehead atoms. The molecular weight excluding hydrogens is 240 g/mol. The Balaban J connectivity index is 2.47. The molecule has 2 heterocycles. The first kappa shape index (κ1) is 11.8. The minimum atomic E-state index is -0.296. The third-order valence-corrected chi connectivity index (χ3v) is 3.36. The van der Waals surface area contributed by atoms with Gasteiger partial charge in [-0.05, 0) is 0 Å². The van der Waals surface area contributed by atoms with E-state index >= 15 is 0 Å². The summed E-state index contributed by atoms with van der Waals surface area (Å²) >= 11 is 0.948. The summed E-state index contributed by atoms with van der Waals surface area (Å²) in [4.78, 5) is 17.0. The highest BCUT2D eigenvalue weighted by atomic mass is 32.1. The number of rotatable bonds is 2. The van der Waals surface area contributed by atoms with Crippen molar-refractivity contribution < 1.29 is 4.74 Å². The van der Waals surface area contributed by atoms with Gasteiger partial charge < -0.3 is 15.0 Å². The molecule has 0 unspecified atom stereocenters. The summed E-state index contributed by atoms with van der Waals surface area (Å²) in [6.07, 6.45) is 0. The number of nitrogens with one attached hydrogen (secondary N) is 1. The molecule has 1 fully saturated rings. The predicted octanol–water partition coefficient (Wildman–Crippen LogP) is 0.253. The van der Waals surface area contributed by atoms with E-state index in [9.17, 15) is 4.79 Å². The molecular formula is C10H12N4O2S. The van der Waals surface area contributed by atoms with Crippen LogP contribution in [0.5, 0.6) is 0 Å². The Kier molecular flexibility index (Phi) is 3.56. The van der Waals surface area contributed by atoms with Crippen molar-refractivity contribution in [3.8, 4) is 6.07 Å². The van der Waals surface area contributed by atoms with E-state index in [0.29, 0.717) is 42.7 Å². The topological polar surface area (TPSA) is 78.2 Å². The van der Waals surface area contributed by atoms with Gasteiger partial charge in [0.1, 0.15) is 16.6 Å². The van der Waals surface area contributed by atoms with Crippen LogP contribution in [0.3, 0.4) is 0 Å². The number of ether oxygens (including phenoxy) is 1. The van der Waals surface area contributed by atoms with E-state index in [1.165, 1.54) is 0 Å². The van der Waals surface area contributed by atoms with E-state index in [0.717, 1.165) is 11.3 Å². The molecule has 1 aromatic rings. The lowest BCUT2D eigenvalue weighted by Gasteiger charge is -2.28. The van der Waals surface area contributed by atoms with Gasteiger partial charge in [-0.3, -0.25) is 4.79 Å². The summed E-state index contributed by atoms with van der Waals surface area (Å²) in [5.74, 6) is 0.462. The van der Waals surface area contributed by atoms with Crippen molar-refractivity contribution in [2.75, 3.05) is 43.6 Å². The molecule has 0 amide bonds. The molecule has 7 heteroatoms. The van der Waals surface area contributed by atoms with E-state index in [1.54, 1.807) is 7.05 Å². The van der Waals surface area contributed by atoms with Crippen molar-refractivity contribution in [2.24, 2.45) is 0 Å². The molecule has 0 aliphatic carbocycles. The lowest BCUT2D eigenvalue weighted by Crippen LogP contribution is -2.38. The summed E-state index contributed by atoms with van der Waals surface area (Å²) in [5, 5.41) is 12.6. The number of hydrogen-bond acceptors (Lipinski definition) is 7. The molecule has 0 aromatic carbocycles. The first-order valence-corrected chi connectivity index (χ1v) is 6.03. The van der Waals surface area contributed by atoms with Crippen molar-refractivity contribution in [1.29, 1.82) is 5.26 Å². The van der Waals surface area contributed by atoms with Crippen LogP contribution >= 0.6 is 11.3 Å². The van der Waals surface area contributed by atoms with Crippen LogP contribution in [-0.2, 0) is 4.74 Å². The lowest BCUT2D eigenvalue weighted by molar-refractivity contribution is 0.122. The van der Waals surface area contributed by atoms with Crippen LogP contribution in [0.1, 0.15) is 5.56 Å². The maximum atomic E-state index is 11.5. The third-order valence-electron chi connectivity index (χ3n) is 2.49. The zero-order valence-electron chi connectivity index (χ0n) is 9.39. The highest BCUT2D eigenvalue weighted by Crippen LogP contribution is 2.25. The normalized spacial score (nSPS) is 15.4. The highest BCUT2D eigenvalue weighted by Gasteiger charge is 2.19. The van der Waals surface area contributed by atoms with Crippen molar-refractivity contribution in [3.63, 3.8) is 0 Å². The van der Waals surface area contributed by atoms with Crippen LogP contribution in [0.4, 0.5) is 10.8 Å². The zero-order chi connectivity index (χ0) is 12.3. The Morgan fingerprint density at radius 2 is 2.24 bits per heavy atom. The van der Waals surface area contributed by atoms with Gasteiger partial charge in [0, 0.05) is 20.1 Å². The van der Waals surface area contributed by atoms with Gasteiger partial charge in [0.05, 0.1) is 13.2 Å². The second-order valence-corrected chi connectivity index (χ2v) is 4.43. The molecule has 0 saturated carbocycles. The molecule has 0 spiro atoms. The standard InChI is InChI=1S/C10H12N4O2S/c1-12-9-7(6-11)8(13-10(15)17-9)14-2-4-16-5-3-14/h12H,2-5H2,1H3. The molecule has 17 heavy (non-hydrogen) atoms. The van der Waals surface area contributed by atoms with Crippen LogP contribution in [0, 0.1) is 11.3 Å². The summed E-state index contributed by atoms with van der Waals surface area (Å²) in [6.45, 7) is 2.49. The van der Waals surface area contributed by atoms with Crippen LogP contribution in [-0.4, -0.2) is 38.3 Å². The number of aromatic nitrogens is 1. The highest BCUT2D eigenvalue weighted by molar-refractivity contribution is 7.13. The van der Waals surface area contributed by atoms with E-state index in [-0.39, 0.29) is 4.87 Å². The number of nitriles is 1. The van der Waals surface area contributed by atoms with Gasteiger partial charge >= 0.3 is 4.87 Å². The van der Waals surface area contributed by atoms with Gasteiger partial charge in [-0.15, -0.1) is 0 Å². The quantitative estimate of drug-likeness (QED) is 0.813. The Morgan fingerprint density at radius 3 is 2.82 bits per heavy atom. The van der Waals surface area contributed by atoms with Crippen molar-refractivity contribution in [3.05, 3.63) is 15.2 Å². The summed E-state index contributed by atoms with van der Waals surface area (Å²) in [7, 11) is 1.69. The third kappa shape index (κ3) is 2.38. The van der Waals surface area contributed by atoms with E-state index < -0.39 is 0 Å². The average molecular weight is 252 g/mol. The number of anilines is 2. The van der Waals surface area contributed by atoms with E-state index in [4.69, 9.17) is 10.00 Å². The van der Waals surface area contributed by atoms with Gasteiger partial charge in [-0.1, -0.05) is 11.3 Å². The van der Waals surface area contributed by atoms with Crippen LogP contribution in [0.15, 0.2) is 4.79 Å². The van der Waals surface area contributed by atoms with Crippen molar-refractivity contribution >= 4 is 22.2 Å². The Hall–Kier alpha value is -1.65. The number of hydrogen-bond donors (Lipinski definition) is 1. The maximum absolute atomic E-state index is 11.5. The summed E-state index contributed by atoms with van der Waals surface area (Å²) in [6, 6.07) is 2.10. The minimum Gasteiger partial charge on any atom is -0.379 e. The molecule has 90 valence electrons. The Bertz CT molecular complexity index is 502. The molecule has 0 radical (unpaired) electrons. The lowest BCUT2D eigenvalue weighted by atomic mass is 10.3. The Labute approximate surface area is 102 Å². The molecule has 0 atom stereocenters. The molecule has 6 nitrogen and oxygen atoms in total. The van der Waals surface area contributed by atoms with Gasteiger partial charge in [-0.25, -0.2) is 0 Å². The monoisotopic (exact) mass is 252 g/mol. The molecule has 2 rings (SSSR count). The second-order valence-electron chi connectivity index (χ2n) is 3.47. The first-order valence-electron chi connectivity index (χ1n) is 5.22. The van der Waals surface area contributed by atoms with Gasteiger partial charge in [-0.2, -0.15) is 10.2 Å². The molecule has 1 N–H and O–H groups in total. The number of nitrogens with zero attached hydrogens (tertiary/aromatic N) is 3. The average Bonchev–Trinajstić information content (AvgIpc) is 2.38. The van der Waals surface area contributed by atoms with Gasteiger partial charge in [0.2, 0.25) is 0 Å². The van der Waals surface area contributed by atoms with E-state index in [1.807, 2.05) is 4.90 Å². The fourth-order valence-corrected chi connectivity index (χ4v) is 2.33. The van der Waals surface area contributed by atoms with Crippen molar-refractivity contribution in [2.45, 2.75) is 0 Å². The minimum absolute atomic E-state index is 0.296. The van der Waals surface area contributed by atoms with Gasteiger partial charge in [0.25, 0.3) is 0 Å². The van der Waals surface area contributed by atoms with Gasteiger partial charge in [0.15, 0.2) is 5.82 Å². The second kappa shape index (κ2) is 5.12. The van der Waals surface area contributed by atoms with Crippen LogP contribution in [0.2, 0.25) is 0 Å². The van der Waals surface area contributed by atoms with E-state index in [2.05, 4.69) is 16.4 Å². The summed E-state index contributed by atoms with van der Waals surface area (Å²) < 4.78 is 5.24.